The van der Waals surface area contributed by atoms with Crippen molar-refractivity contribution in [3.05, 3.63) is 188 Å². The van der Waals surface area contributed by atoms with E-state index in [1.54, 1.807) is 0 Å². The van der Waals surface area contributed by atoms with Gasteiger partial charge in [0.1, 0.15) is 8.07 Å². The monoisotopic (exact) mass is 691 g/mol. The topological polar surface area (TPSA) is 12.9 Å². The maximum absolute atomic E-state index is 5.50. The zero-order valence-electron chi connectivity index (χ0n) is 29.8. The highest BCUT2D eigenvalue weighted by Crippen LogP contribution is 2.45. The van der Waals surface area contributed by atoms with E-state index in [9.17, 15) is 0 Å². The Bertz CT molecular complexity index is 2800. The van der Waals surface area contributed by atoms with E-state index in [1.807, 2.05) is 0 Å². The van der Waals surface area contributed by atoms with Crippen LogP contribution in [0.3, 0.4) is 0 Å². The largest absolute Gasteiger partial charge is 0.248 e. The molecule has 0 radical (unpaired) electrons. The first-order chi connectivity index (χ1) is 26.1. The van der Waals surface area contributed by atoms with Crippen molar-refractivity contribution in [1.29, 1.82) is 0 Å². The SMILES string of the molecule is C[Si]1(C)c2ccccc2-c2ccc(-c3c4ccccc4c(-c4cc(-c5ccccc5-c5ccccc5)cc(-c5ccccc5)n4)c4ccccc34)cc21. The van der Waals surface area contributed by atoms with Crippen LogP contribution in [0.15, 0.2) is 188 Å². The fourth-order valence-corrected chi connectivity index (χ4v) is 11.9. The van der Waals surface area contributed by atoms with Gasteiger partial charge in [0, 0.05) is 11.1 Å². The minimum absolute atomic E-state index is 0.962. The Balaban J connectivity index is 1.25. The summed E-state index contributed by atoms with van der Waals surface area (Å²) in [6, 6.07) is 68.8. The quantitative estimate of drug-likeness (QED) is 0.129. The van der Waals surface area contributed by atoms with E-state index in [2.05, 4.69) is 201 Å². The highest BCUT2D eigenvalue weighted by molar-refractivity contribution is 7.03. The van der Waals surface area contributed by atoms with E-state index in [0.717, 1.165) is 22.5 Å². The highest BCUT2D eigenvalue weighted by atomic mass is 28.3. The van der Waals surface area contributed by atoms with Crippen molar-refractivity contribution in [1.82, 2.24) is 4.98 Å². The van der Waals surface area contributed by atoms with E-state index in [-0.39, 0.29) is 0 Å². The zero-order chi connectivity index (χ0) is 35.5. The lowest BCUT2D eigenvalue weighted by atomic mass is 9.86. The fourth-order valence-electron chi connectivity index (χ4n) is 8.75. The molecule has 2 heteroatoms. The van der Waals surface area contributed by atoms with Gasteiger partial charge in [0.15, 0.2) is 0 Å². The maximum Gasteiger partial charge on any atom is 0.113 e. The molecule has 9 aromatic rings. The summed E-state index contributed by atoms with van der Waals surface area (Å²) in [5.74, 6) is 0. The van der Waals surface area contributed by atoms with Gasteiger partial charge in [-0.1, -0.05) is 189 Å². The number of rotatable bonds is 5. The maximum atomic E-state index is 5.50. The average molecular weight is 692 g/mol. The van der Waals surface area contributed by atoms with Crippen molar-refractivity contribution >= 4 is 40.0 Å². The van der Waals surface area contributed by atoms with Crippen LogP contribution in [0, 0.1) is 0 Å². The summed E-state index contributed by atoms with van der Waals surface area (Å²) in [6.07, 6.45) is 0. The van der Waals surface area contributed by atoms with Crippen molar-refractivity contribution in [3.63, 3.8) is 0 Å². The molecule has 0 fully saturated rings. The molecule has 8 aromatic carbocycles. The van der Waals surface area contributed by atoms with Gasteiger partial charge in [-0.15, -0.1) is 0 Å². The summed E-state index contributed by atoms with van der Waals surface area (Å²) >= 11 is 0. The normalized spacial score (nSPS) is 12.9. The van der Waals surface area contributed by atoms with Crippen molar-refractivity contribution in [2.45, 2.75) is 13.1 Å². The number of nitrogens with zero attached hydrogens (tertiary/aromatic N) is 1. The van der Waals surface area contributed by atoms with Gasteiger partial charge in [-0.25, -0.2) is 4.98 Å². The van der Waals surface area contributed by atoms with Crippen LogP contribution < -0.4 is 10.4 Å². The molecule has 1 aliphatic rings. The molecule has 0 aliphatic carbocycles. The second-order valence-electron chi connectivity index (χ2n) is 14.7. The Hall–Kier alpha value is -6.35. The highest BCUT2D eigenvalue weighted by Gasteiger charge is 2.37. The van der Waals surface area contributed by atoms with Gasteiger partial charge >= 0.3 is 0 Å². The van der Waals surface area contributed by atoms with E-state index in [4.69, 9.17) is 4.98 Å². The molecule has 1 nitrogen and oxygen atoms in total. The summed E-state index contributed by atoms with van der Waals surface area (Å²) in [5.41, 5.74) is 14.3. The number of hydrogen-bond acceptors (Lipinski definition) is 1. The van der Waals surface area contributed by atoms with Gasteiger partial charge in [-0.2, -0.15) is 0 Å². The van der Waals surface area contributed by atoms with Crippen molar-refractivity contribution < 1.29 is 0 Å². The van der Waals surface area contributed by atoms with Crippen LogP contribution in [0.5, 0.6) is 0 Å². The van der Waals surface area contributed by atoms with Gasteiger partial charge in [0.2, 0.25) is 0 Å². The summed E-state index contributed by atoms with van der Waals surface area (Å²) < 4.78 is 0. The Morgan fingerprint density at radius 1 is 0.321 bits per heavy atom. The Morgan fingerprint density at radius 3 is 1.43 bits per heavy atom. The molecule has 1 aliphatic heterocycles. The lowest BCUT2D eigenvalue weighted by Crippen LogP contribution is -2.49. The summed E-state index contributed by atoms with van der Waals surface area (Å²) in [4.78, 5) is 5.50. The summed E-state index contributed by atoms with van der Waals surface area (Å²) in [7, 11) is -1.86. The van der Waals surface area contributed by atoms with Crippen LogP contribution in [0.2, 0.25) is 13.1 Å². The number of hydrogen-bond donors (Lipinski definition) is 0. The van der Waals surface area contributed by atoms with Gasteiger partial charge in [0.25, 0.3) is 0 Å². The molecule has 0 amide bonds. The molecule has 0 saturated heterocycles. The molecule has 250 valence electrons. The second-order valence-corrected chi connectivity index (χ2v) is 19.0. The van der Waals surface area contributed by atoms with Crippen LogP contribution in [-0.4, -0.2) is 13.1 Å². The summed E-state index contributed by atoms with van der Waals surface area (Å²) in [5, 5.41) is 7.96. The lowest BCUT2D eigenvalue weighted by Gasteiger charge is -2.21. The van der Waals surface area contributed by atoms with Gasteiger partial charge < -0.3 is 0 Å². The molecule has 2 heterocycles. The predicted octanol–water partition coefficient (Wildman–Crippen LogP) is 12.5. The van der Waals surface area contributed by atoms with Crippen molar-refractivity contribution in [3.8, 4) is 67.0 Å². The Labute approximate surface area is 311 Å². The molecule has 0 N–H and O–H groups in total. The van der Waals surface area contributed by atoms with Crippen LogP contribution in [-0.2, 0) is 0 Å². The van der Waals surface area contributed by atoms with Crippen LogP contribution in [0.1, 0.15) is 0 Å². The van der Waals surface area contributed by atoms with Gasteiger partial charge in [0.05, 0.1) is 11.4 Å². The Kier molecular flexibility index (Phi) is 7.35. The van der Waals surface area contributed by atoms with Crippen molar-refractivity contribution in [2.24, 2.45) is 0 Å². The lowest BCUT2D eigenvalue weighted by molar-refractivity contribution is 1.33. The molecule has 10 rings (SSSR count). The smallest absolute Gasteiger partial charge is 0.113 e. The molecule has 1 aromatic heterocycles. The minimum Gasteiger partial charge on any atom is -0.248 e. The third-order valence-electron chi connectivity index (χ3n) is 11.3. The van der Waals surface area contributed by atoms with Crippen LogP contribution in [0.4, 0.5) is 0 Å². The zero-order valence-corrected chi connectivity index (χ0v) is 30.8. The van der Waals surface area contributed by atoms with E-state index in [0.29, 0.717) is 0 Å². The number of aromatic nitrogens is 1. The third kappa shape index (κ3) is 5.09. The van der Waals surface area contributed by atoms with Crippen LogP contribution >= 0.6 is 0 Å². The molecular formula is C51H37NSi. The first-order valence-electron chi connectivity index (χ1n) is 18.5. The molecule has 0 spiro atoms. The van der Waals surface area contributed by atoms with E-state index in [1.165, 1.54) is 76.4 Å². The van der Waals surface area contributed by atoms with Crippen LogP contribution in [0.25, 0.3) is 88.6 Å². The average Bonchev–Trinajstić information content (AvgIpc) is 3.45. The third-order valence-corrected chi connectivity index (χ3v) is 14.8. The molecule has 53 heavy (non-hydrogen) atoms. The molecular weight excluding hydrogens is 655 g/mol. The molecule has 0 saturated carbocycles. The Morgan fingerprint density at radius 2 is 0.792 bits per heavy atom. The van der Waals surface area contributed by atoms with Gasteiger partial charge in [-0.05, 0) is 88.6 Å². The van der Waals surface area contributed by atoms with E-state index < -0.39 is 8.07 Å². The van der Waals surface area contributed by atoms with E-state index >= 15 is 0 Å². The molecule has 0 atom stereocenters. The number of pyridine rings is 1. The first kappa shape index (κ1) is 31.4. The standard InChI is InChI=1S/C51H37NSi/c1-53(2)48-28-16-15-23-40(48)41-30-29-36(33-49(41)53)50-42-24-11-13-26-44(42)51(45-27-14-12-25-43(45)50)47-32-37(31-46(52-47)35-19-7-4-8-20-35)39-22-10-9-21-38(39)34-17-5-3-6-18-34/h3-33H,1-2H3. The number of fused-ring (bicyclic) bond motifs is 5. The van der Waals surface area contributed by atoms with Gasteiger partial charge in [-0.3, -0.25) is 0 Å². The first-order valence-corrected chi connectivity index (χ1v) is 21.5. The fraction of sp³-hybridized carbons (Fsp3) is 0.0392. The minimum atomic E-state index is -1.86. The second kappa shape index (κ2) is 12.4. The predicted molar refractivity (Wildman–Crippen MR) is 229 cm³/mol. The molecule has 0 bridgehead atoms. The molecule has 0 unspecified atom stereocenters. The van der Waals surface area contributed by atoms with Crippen molar-refractivity contribution in [2.75, 3.05) is 0 Å². The number of benzene rings is 8. The summed E-state index contributed by atoms with van der Waals surface area (Å²) in [6.45, 7) is 5.00.